The third-order valence-electron chi connectivity index (χ3n) is 3.64. The Morgan fingerprint density at radius 3 is 2.00 bits per heavy atom. The summed E-state index contributed by atoms with van der Waals surface area (Å²) >= 11 is 0. The number of aliphatic hydroxyl groups is 2. The van der Waals surface area contributed by atoms with E-state index < -0.39 is 6.10 Å². The fourth-order valence-electron chi connectivity index (χ4n) is 2.16. The van der Waals surface area contributed by atoms with Gasteiger partial charge in [0.25, 0.3) is 0 Å². The molecule has 1 unspecified atom stereocenters. The van der Waals surface area contributed by atoms with Crippen LogP contribution in [0.25, 0.3) is 0 Å². The van der Waals surface area contributed by atoms with Crippen LogP contribution < -0.4 is 14.8 Å². The molecule has 136 valence electrons. The first-order valence-corrected chi connectivity index (χ1v) is 8.52. The van der Waals surface area contributed by atoms with Crippen molar-refractivity contribution in [2.75, 3.05) is 13.2 Å². The van der Waals surface area contributed by atoms with E-state index in [0.717, 1.165) is 22.6 Å². The molecule has 0 saturated carbocycles. The number of benzene rings is 2. The lowest BCUT2D eigenvalue weighted by molar-refractivity contribution is 0.104. The Morgan fingerprint density at radius 1 is 0.880 bits per heavy atom. The molecule has 2 rings (SSSR count). The number of nitrogens with one attached hydrogen (secondary N) is 1. The number of hydrogen-bond donors (Lipinski definition) is 3. The molecule has 0 bridgehead atoms. The molecule has 2 aromatic rings. The van der Waals surface area contributed by atoms with Gasteiger partial charge in [-0.05, 0) is 35.4 Å². The van der Waals surface area contributed by atoms with E-state index in [-0.39, 0.29) is 13.2 Å². The molecular weight excluding hydrogens is 318 g/mol. The fraction of sp³-hybridized carbons (Fsp3) is 0.400. The van der Waals surface area contributed by atoms with Crippen molar-refractivity contribution in [3.8, 4) is 11.5 Å². The highest BCUT2D eigenvalue weighted by atomic mass is 16.5. The van der Waals surface area contributed by atoms with Gasteiger partial charge in [-0.1, -0.05) is 38.1 Å². The van der Waals surface area contributed by atoms with Crippen LogP contribution in [0.2, 0.25) is 0 Å². The van der Waals surface area contributed by atoms with Crippen LogP contribution in [-0.4, -0.2) is 35.5 Å². The van der Waals surface area contributed by atoms with Gasteiger partial charge in [0.1, 0.15) is 30.8 Å². The maximum Gasteiger partial charge on any atom is 0.119 e. The van der Waals surface area contributed by atoms with E-state index in [9.17, 15) is 5.11 Å². The van der Waals surface area contributed by atoms with Crippen molar-refractivity contribution < 1.29 is 19.7 Å². The molecule has 5 heteroatoms. The summed E-state index contributed by atoms with van der Waals surface area (Å²) in [7, 11) is 0. The third kappa shape index (κ3) is 7.13. The van der Waals surface area contributed by atoms with Crippen LogP contribution >= 0.6 is 0 Å². The van der Waals surface area contributed by atoms with Crippen LogP contribution in [0.4, 0.5) is 0 Å². The number of ether oxygens (including phenoxy) is 2. The van der Waals surface area contributed by atoms with E-state index in [4.69, 9.17) is 14.6 Å². The molecule has 0 fully saturated rings. The van der Waals surface area contributed by atoms with E-state index in [1.807, 2.05) is 62.4 Å². The molecule has 5 nitrogen and oxygen atoms in total. The van der Waals surface area contributed by atoms with Gasteiger partial charge >= 0.3 is 0 Å². The van der Waals surface area contributed by atoms with E-state index in [0.29, 0.717) is 19.2 Å². The lowest BCUT2D eigenvalue weighted by atomic mass is 10.2. The molecule has 0 heterocycles. The first-order chi connectivity index (χ1) is 12.1. The second-order valence-corrected chi connectivity index (χ2v) is 6.26. The minimum absolute atomic E-state index is 0.0317. The van der Waals surface area contributed by atoms with Crippen molar-refractivity contribution in [1.29, 1.82) is 0 Å². The Bertz CT molecular complexity index is 611. The van der Waals surface area contributed by atoms with Crippen LogP contribution in [-0.2, 0) is 13.2 Å². The SMILES string of the molecule is CC(C)NCC(O)COc1ccc(COc2ccc(CO)cc2)cc1. The maximum atomic E-state index is 9.84. The topological polar surface area (TPSA) is 71.0 Å². The van der Waals surface area contributed by atoms with E-state index in [1.165, 1.54) is 0 Å². The Morgan fingerprint density at radius 2 is 1.44 bits per heavy atom. The molecule has 1 atom stereocenters. The van der Waals surface area contributed by atoms with Crippen LogP contribution in [0, 0.1) is 0 Å². The molecular formula is C20H27NO4. The fourth-order valence-corrected chi connectivity index (χ4v) is 2.16. The number of aliphatic hydroxyl groups excluding tert-OH is 2. The van der Waals surface area contributed by atoms with Crippen molar-refractivity contribution in [3.63, 3.8) is 0 Å². The zero-order chi connectivity index (χ0) is 18.1. The normalized spacial score (nSPS) is 12.2. The highest BCUT2D eigenvalue weighted by molar-refractivity contribution is 5.29. The average molecular weight is 345 g/mol. The Balaban J connectivity index is 1.75. The van der Waals surface area contributed by atoms with Gasteiger partial charge in [-0.2, -0.15) is 0 Å². The zero-order valence-corrected chi connectivity index (χ0v) is 14.8. The van der Waals surface area contributed by atoms with Crippen LogP contribution in [0.15, 0.2) is 48.5 Å². The Hall–Kier alpha value is -2.08. The second-order valence-electron chi connectivity index (χ2n) is 6.26. The average Bonchev–Trinajstić information content (AvgIpc) is 2.64. The predicted molar refractivity (Wildman–Crippen MR) is 97.8 cm³/mol. The van der Waals surface area contributed by atoms with Gasteiger partial charge in [-0.25, -0.2) is 0 Å². The minimum atomic E-state index is -0.535. The predicted octanol–water partition coefficient (Wildman–Crippen LogP) is 2.50. The van der Waals surface area contributed by atoms with Gasteiger partial charge < -0.3 is 25.0 Å². The summed E-state index contributed by atoms with van der Waals surface area (Å²) in [6, 6.07) is 15.3. The van der Waals surface area contributed by atoms with Crippen molar-refractivity contribution >= 4 is 0 Å². The standard InChI is InChI=1S/C20H27NO4/c1-15(2)21-11-18(23)14-25-20-9-5-17(6-10-20)13-24-19-7-3-16(12-22)4-8-19/h3-10,15,18,21-23H,11-14H2,1-2H3. The molecule has 0 radical (unpaired) electrons. The Kier molecular flexibility index (Phi) is 7.73. The maximum absolute atomic E-state index is 9.84. The molecule has 0 aliphatic carbocycles. The molecule has 2 aromatic carbocycles. The summed E-state index contributed by atoms with van der Waals surface area (Å²) in [4.78, 5) is 0. The zero-order valence-electron chi connectivity index (χ0n) is 14.8. The summed E-state index contributed by atoms with van der Waals surface area (Å²) in [6.45, 7) is 5.33. The molecule has 0 aliphatic rings. The third-order valence-corrected chi connectivity index (χ3v) is 3.64. The summed E-state index contributed by atoms with van der Waals surface area (Å²) in [5.41, 5.74) is 1.89. The molecule has 0 spiro atoms. The molecule has 0 saturated heterocycles. The van der Waals surface area contributed by atoms with E-state index in [2.05, 4.69) is 5.32 Å². The molecule has 25 heavy (non-hydrogen) atoms. The molecule has 3 N–H and O–H groups in total. The van der Waals surface area contributed by atoms with Gasteiger partial charge in [0.15, 0.2) is 0 Å². The van der Waals surface area contributed by atoms with E-state index in [1.54, 1.807) is 0 Å². The van der Waals surface area contributed by atoms with Crippen LogP contribution in [0.5, 0.6) is 11.5 Å². The number of hydrogen-bond acceptors (Lipinski definition) is 5. The summed E-state index contributed by atoms with van der Waals surface area (Å²) < 4.78 is 11.3. The molecule has 0 amide bonds. The molecule has 0 aromatic heterocycles. The quantitative estimate of drug-likeness (QED) is 0.617. The number of rotatable bonds is 10. The van der Waals surface area contributed by atoms with Crippen molar-refractivity contribution in [1.82, 2.24) is 5.32 Å². The van der Waals surface area contributed by atoms with Crippen molar-refractivity contribution in [2.45, 2.75) is 39.2 Å². The summed E-state index contributed by atoms with van der Waals surface area (Å²) in [6.07, 6.45) is -0.535. The van der Waals surface area contributed by atoms with Gasteiger partial charge in [0, 0.05) is 12.6 Å². The smallest absolute Gasteiger partial charge is 0.119 e. The summed E-state index contributed by atoms with van der Waals surface area (Å²) in [5, 5.41) is 22.0. The lowest BCUT2D eigenvalue weighted by Gasteiger charge is -2.15. The van der Waals surface area contributed by atoms with Gasteiger partial charge in [0.05, 0.1) is 6.61 Å². The monoisotopic (exact) mass is 345 g/mol. The molecule has 0 aliphatic heterocycles. The first-order valence-electron chi connectivity index (χ1n) is 8.52. The van der Waals surface area contributed by atoms with E-state index >= 15 is 0 Å². The van der Waals surface area contributed by atoms with Gasteiger partial charge in [-0.3, -0.25) is 0 Å². The van der Waals surface area contributed by atoms with Crippen LogP contribution in [0.1, 0.15) is 25.0 Å². The van der Waals surface area contributed by atoms with Gasteiger partial charge in [-0.15, -0.1) is 0 Å². The lowest BCUT2D eigenvalue weighted by Crippen LogP contribution is -2.35. The van der Waals surface area contributed by atoms with Crippen molar-refractivity contribution in [3.05, 3.63) is 59.7 Å². The summed E-state index contributed by atoms with van der Waals surface area (Å²) in [5.74, 6) is 1.48. The van der Waals surface area contributed by atoms with Crippen molar-refractivity contribution in [2.24, 2.45) is 0 Å². The van der Waals surface area contributed by atoms with Crippen LogP contribution in [0.3, 0.4) is 0 Å². The minimum Gasteiger partial charge on any atom is -0.491 e. The highest BCUT2D eigenvalue weighted by Crippen LogP contribution is 2.16. The highest BCUT2D eigenvalue weighted by Gasteiger charge is 2.06. The first kappa shape index (κ1) is 19.2. The van der Waals surface area contributed by atoms with Gasteiger partial charge in [0.2, 0.25) is 0 Å². The second kappa shape index (κ2) is 10.0. The Labute approximate surface area is 149 Å². The largest absolute Gasteiger partial charge is 0.491 e.